The van der Waals surface area contributed by atoms with E-state index in [1.165, 1.54) is 65.1 Å². The molecular weight excluding hydrogens is 336 g/mol. The van der Waals surface area contributed by atoms with Crippen LogP contribution >= 0.6 is 0 Å². The molecule has 0 heteroatoms. The van der Waals surface area contributed by atoms with E-state index in [0.717, 1.165) is 6.42 Å². The molecule has 0 unspecified atom stereocenters. The molecule has 0 saturated carbocycles. The summed E-state index contributed by atoms with van der Waals surface area (Å²) in [6.07, 6.45) is 7.52. The van der Waals surface area contributed by atoms with Crippen LogP contribution in [0.15, 0.2) is 97.1 Å². The Morgan fingerprint density at radius 2 is 1.07 bits per heavy atom. The highest BCUT2D eigenvalue weighted by atomic mass is 14.1. The number of unbranched alkanes of at least 4 members (excludes halogenated alkanes) is 3. The lowest BCUT2D eigenvalue weighted by atomic mass is 9.92. The first-order valence-corrected chi connectivity index (χ1v) is 10.5. The Bertz CT molecular complexity index is 1010. The number of fused-ring (bicyclic) bond motifs is 1. The highest BCUT2D eigenvalue weighted by Gasteiger charge is 2.08. The Labute approximate surface area is 168 Å². The van der Waals surface area contributed by atoms with Crippen molar-refractivity contribution >= 4 is 10.8 Å². The van der Waals surface area contributed by atoms with Gasteiger partial charge >= 0.3 is 0 Å². The third-order valence-electron chi connectivity index (χ3n) is 5.60. The second-order valence-electron chi connectivity index (χ2n) is 7.58. The first-order chi connectivity index (χ1) is 13.9. The fourth-order valence-electron chi connectivity index (χ4n) is 4.10. The van der Waals surface area contributed by atoms with Gasteiger partial charge < -0.3 is 0 Å². The van der Waals surface area contributed by atoms with Crippen LogP contribution < -0.4 is 0 Å². The minimum Gasteiger partial charge on any atom is -0.0622 e. The van der Waals surface area contributed by atoms with Gasteiger partial charge in [-0.2, -0.15) is 0 Å². The zero-order valence-electron chi connectivity index (χ0n) is 16.5. The summed E-state index contributed by atoms with van der Waals surface area (Å²) >= 11 is 0. The van der Waals surface area contributed by atoms with Gasteiger partial charge in [0.25, 0.3) is 0 Å². The predicted octanol–water partition coefficient (Wildman–Crippen LogP) is 7.85. The molecule has 0 amide bonds. The Kier molecular flexibility index (Phi) is 6.19. The average molecular weight is 365 g/mol. The molecule has 0 N–H and O–H groups in total. The lowest BCUT2D eigenvalue weighted by molar-refractivity contribution is 0.641. The first kappa shape index (κ1) is 18.5. The van der Waals surface area contributed by atoms with E-state index in [2.05, 4.69) is 97.1 Å². The normalized spacial score (nSPS) is 11.0. The molecule has 4 aromatic carbocycles. The van der Waals surface area contributed by atoms with Crippen LogP contribution in [-0.4, -0.2) is 0 Å². The van der Waals surface area contributed by atoms with E-state index in [-0.39, 0.29) is 0 Å². The maximum absolute atomic E-state index is 2.31. The van der Waals surface area contributed by atoms with Gasteiger partial charge in [-0.3, -0.25) is 0 Å². The molecule has 0 atom stereocenters. The zero-order valence-corrected chi connectivity index (χ0v) is 16.5. The van der Waals surface area contributed by atoms with Crippen LogP contribution in [0.2, 0.25) is 0 Å². The van der Waals surface area contributed by atoms with Gasteiger partial charge in [-0.15, -0.1) is 0 Å². The highest BCUT2D eigenvalue weighted by molar-refractivity contribution is 5.97. The van der Waals surface area contributed by atoms with E-state index in [1.54, 1.807) is 0 Å². The summed E-state index contributed by atoms with van der Waals surface area (Å²) in [7, 11) is 0. The number of aryl methyl sites for hydroxylation is 2. The molecule has 0 spiro atoms. The molecule has 4 rings (SSSR count). The summed E-state index contributed by atoms with van der Waals surface area (Å²) in [6.45, 7) is 0. The molecule has 0 saturated heterocycles. The SMILES string of the molecule is c1ccc(CCCCCCc2ccccc2-c2cccc3ccccc23)cc1. The number of hydrogen-bond acceptors (Lipinski definition) is 0. The number of rotatable bonds is 8. The molecule has 0 radical (unpaired) electrons. The van der Waals surface area contributed by atoms with Crippen LogP contribution in [0.1, 0.15) is 36.8 Å². The van der Waals surface area contributed by atoms with Gasteiger partial charge in [-0.25, -0.2) is 0 Å². The summed E-state index contributed by atoms with van der Waals surface area (Å²) in [5.41, 5.74) is 5.69. The van der Waals surface area contributed by atoms with E-state index in [9.17, 15) is 0 Å². The largest absolute Gasteiger partial charge is 0.0622 e. The van der Waals surface area contributed by atoms with Gasteiger partial charge in [0, 0.05) is 0 Å². The molecule has 28 heavy (non-hydrogen) atoms. The van der Waals surface area contributed by atoms with Crippen molar-refractivity contribution in [2.75, 3.05) is 0 Å². The van der Waals surface area contributed by atoms with E-state index in [4.69, 9.17) is 0 Å². The van der Waals surface area contributed by atoms with Gasteiger partial charge in [-0.05, 0) is 58.7 Å². The summed E-state index contributed by atoms with van der Waals surface area (Å²) in [5.74, 6) is 0. The summed E-state index contributed by atoms with van der Waals surface area (Å²) < 4.78 is 0. The Hall–Kier alpha value is -2.86. The molecule has 0 aliphatic carbocycles. The topological polar surface area (TPSA) is 0 Å². The van der Waals surface area contributed by atoms with Crippen molar-refractivity contribution < 1.29 is 0 Å². The standard InChI is InChI=1S/C28H28/c1(4-13-23-14-5-3-6-15-23)2-7-16-24-17-8-10-20-26(24)28-22-12-19-25-18-9-11-21-27(25)28/h3,5-6,8-12,14-15,17-22H,1-2,4,7,13,16H2. The maximum Gasteiger partial charge on any atom is -0.0103 e. The van der Waals surface area contributed by atoms with Crippen molar-refractivity contribution in [2.24, 2.45) is 0 Å². The van der Waals surface area contributed by atoms with Gasteiger partial charge in [0.2, 0.25) is 0 Å². The summed E-state index contributed by atoms with van der Waals surface area (Å²) in [5, 5.41) is 2.66. The fraction of sp³-hybridized carbons (Fsp3) is 0.214. The number of hydrogen-bond donors (Lipinski definition) is 0. The van der Waals surface area contributed by atoms with Crippen molar-refractivity contribution in [1.82, 2.24) is 0 Å². The fourth-order valence-corrected chi connectivity index (χ4v) is 4.10. The maximum atomic E-state index is 2.31. The molecule has 0 aliphatic rings. The predicted molar refractivity (Wildman–Crippen MR) is 122 cm³/mol. The third kappa shape index (κ3) is 4.51. The minimum absolute atomic E-state index is 1.16. The minimum atomic E-state index is 1.16. The van der Waals surface area contributed by atoms with Crippen molar-refractivity contribution in [3.63, 3.8) is 0 Å². The smallest absolute Gasteiger partial charge is 0.0103 e. The van der Waals surface area contributed by atoms with Gasteiger partial charge in [0.1, 0.15) is 0 Å². The van der Waals surface area contributed by atoms with Crippen LogP contribution in [0.4, 0.5) is 0 Å². The number of benzene rings is 4. The van der Waals surface area contributed by atoms with Crippen LogP contribution in [0.25, 0.3) is 21.9 Å². The van der Waals surface area contributed by atoms with Crippen LogP contribution in [0.5, 0.6) is 0 Å². The van der Waals surface area contributed by atoms with Gasteiger partial charge in [-0.1, -0.05) is 110 Å². The lowest BCUT2D eigenvalue weighted by Gasteiger charge is -2.12. The monoisotopic (exact) mass is 364 g/mol. The van der Waals surface area contributed by atoms with E-state index in [0.29, 0.717) is 0 Å². The van der Waals surface area contributed by atoms with Crippen LogP contribution in [0.3, 0.4) is 0 Å². The molecule has 0 aliphatic heterocycles. The Morgan fingerprint density at radius 3 is 1.96 bits per heavy atom. The molecule has 0 aromatic heterocycles. The molecule has 0 bridgehead atoms. The first-order valence-electron chi connectivity index (χ1n) is 10.5. The molecule has 4 aromatic rings. The molecule has 0 nitrogen and oxygen atoms in total. The summed E-state index contributed by atoms with van der Waals surface area (Å²) in [6, 6.07) is 35.1. The highest BCUT2D eigenvalue weighted by Crippen LogP contribution is 2.31. The third-order valence-corrected chi connectivity index (χ3v) is 5.60. The molecule has 0 heterocycles. The Balaban J connectivity index is 1.38. The zero-order chi connectivity index (χ0) is 19.0. The van der Waals surface area contributed by atoms with Crippen molar-refractivity contribution in [3.05, 3.63) is 108 Å². The van der Waals surface area contributed by atoms with E-state index in [1.807, 2.05) is 0 Å². The summed E-state index contributed by atoms with van der Waals surface area (Å²) in [4.78, 5) is 0. The van der Waals surface area contributed by atoms with Gasteiger partial charge in [0.05, 0.1) is 0 Å². The molecule has 140 valence electrons. The van der Waals surface area contributed by atoms with Gasteiger partial charge in [0.15, 0.2) is 0 Å². The second kappa shape index (κ2) is 9.37. The van der Waals surface area contributed by atoms with Crippen molar-refractivity contribution in [1.29, 1.82) is 0 Å². The lowest BCUT2D eigenvalue weighted by Crippen LogP contribution is -1.92. The van der Waals surface area contributed by atoms with Crippen LogP contribution in [0, 0.1) is 0 Å². The Morgan fingerprint density at radius 1 is 0.429 bits per heavy atom. The van der Waals surface area contributed by atoms with Crippen molar-refractivity contribution in [3.8, 4) is 11.1 Å². The molecule has 0 fully saturated rings. The van der Waals surface area contributed by atoms with Crippen LogP contribution in [-0.2, 0) is 12.8 Å². The average Bonchev–Trinajstić information content (AvgIpc) is 2.77. The molecular formula is C28H28. The second-order valence-corrected chi connectivity index (χ2v) is 7.58. The van der Waals surface area contributed by atoms with Crippen molar-refractivity contribution in [2.45, 2.75) is 38.5 Å². The van der Waals surface area contributed by atoms with E-state index >= 15 is 0 Å². The quantitative estimate of drug-likeness (QED) is 0.279. The van der Waals surface area contributed by atoms with E-state index < -0.39 is 0 Å².